The lowest BCUT2D eigenvalue weighted by Crippen LogP contribution is -2.46. The molecule has 1 aromatic carbocycles. The van der Waals surface area contributed by atoms with Gasteiger partial charge >= 0.3 is 5.97 Å². The van der Waals surface area contributed by atoms with Crippen molar-refractivity contribution in [2.45, 2.75) is 32.4 Å². The summed E-state index contributed by atoms with van der Waals surface area (Å²) >= 11 is 3.45. The Morgan fingerprint density at radius 1 is 1.56 bits per heavy atom. The van der Waals surface area contributed by atoms with Crippen molar-refractivity contribution in [3.8, 4) is 0 Å². The molecule has 0 aliphatic carbocycles. The van der Waals surface area contributed by atoms with Crippen LogP contribution in [-0.4, -0.2) is 28.6 Å². The minimum absolute atomic E-state index is 0.340. The van der Waals surface area contributed by atoms with Gasteiger partial charge in [-0.1, -0.05) is 35.0 Å². The van der Waals surface area contributed by atoms with E-state index in [1.54, 1.807) is 0 Å². The fraction of sp³-hybridized carbons (Fsp3) is 0.500. The van der Waals surface area contributed by atoms with Crippen LogP contribution in [-0.2, 0) is 11.3 Å². The highest BCUT2D eigenvalue weighted by Gasteiger charge is 2.31. The molecule has 0 radical (unpaired) electrons. The Morgan fingerprint density at radius 2 is 2.33 bits per heavy atom. The number of carbonyl (C=O) groups is 1. The number of halogens is 1. The van der Waals surface area contributed by atoms with Gasteiger partial charge in [-0.25, -0.2) is 0 Å². The maximum absolute atomic E-state index is 11.3. The van der Waals surface area contributed by atoms with E-state index < -0.39 is 5.97 Å². The molecular weight excluding hydrogens is 294 g/mol. The Labute approximate surface area is 116 Å². The normalized spacial score (nSPS) is 25.0. The number of aliphatic carboxylic acids is 1. The van der Waals surface area contributed by atoms with Crippen molar-refractivity contribution in [3.05, 3.63) is 34.3 Å². The molecule has 1 heterocycles. The minimum atomic E-state index is -0.698. The average molecular weight is 312 g/mol. The second kappa shape index (κ2) is 5.85. The van der Waals surface area contributed by atoms with Crippen LogP contribution in [0.3, 0.4) is 0 Å². The lowest BCUT2D eigenvalue weighted by molar-refractivity contribution is -0.145. The summed E-state index contributed by atoms with van der Waals surface area (Å²) in [5.41, 5.74) is 1.16. The predicted molar refractivity (Wildman–Crippen MR) is 74.4 cm³/mol. The number of hydrogen-bond donors (Lipinski definition) is 1. The molecule has 3 nitrogen and oxygen atoms in total. The number of piperidine rings is 1. The summed E-state index contributed by atoms with van der Waals surface area (Å²) in [5, 5.41) is 9.31. The number of benzene rings is 1. The predicted octanol–water partition coefficient (Wildman–Crippen LogP) is 3.13. The van der Waals surface area contributed by atoms with Crippen molar-refractivity contribution in [3.63, 3.8) is 0 Å². The summed E-state index contributed by atoms with van der Waals surface area (Å²) in [5.74, 6) is -0.193. The quantitative estimate of drug-likeness (QED) is 0.932. The monoisotopic (exact) mass is 311 g/mol. The number of hydrogen-bond acceptors (Lipinski definition) is 2. The van der Waals surface area contributed by atoms with Gasteiger partial charge in [0.2, 0.25) is 0 Å². The first kappa shape index (κ1) is 13.6. The van der Waals surface area contributed by atoms with E-state index in [2.05, 4.69) is 33.8 Å². The fourth-order valence-corrected chi connectivity index (χ4v) is 2.95. The molecule has 0 aromatic heterocycles. The van der Waals surface area contributed by atoms with E-state index in [0.717, 1.165) is 29.4 Å². The number of rotatable bonds is 3. The molecule has 98 valence electrons. The SMILES string of the molecule is CC1CCN(Cc2cccc(Br)c2)C(C(=O)O)C1. The molecular formula is C14H18BrNO2. The summed E-state index contributed by atoms with van der Waals surface area (Å²) in [4.78, 5) is 13.4. The van der Waals surface area contributed by atoms with Crippen LogP contribution in [0.1, 0.15) is 25.3 Å². The van der Waals surface area contributed by atoms with Crippen molar-refractivity contribution in [2.24, 2.45) is 5.92 Å². The lowest BCUT2D eigenvalue weighted by atomic mass is 9.92. The highest BCUT2D eigenvalue weighted by molar-refractivity contribution is 9.10. The van der Waals surface area contributed by atoms with Crippen LogP contribution in [0.4, 0.5) is 0 Å². The highest BCUT2D eigenvalue weighted by atomic mass is 79.9. The summed E-state index contributed by atoms with van der Waals surface area (Å²) in [6.45, 7) is 3.71. The molecule has 1 aliphatic rings. The van der Waals surface area contributed by atoms with Crippen LogP contribution in [0, 0.1) is 5.92 Å². The van der Waals surface area contributed by atoms with E-state index in [4.69, 9.17) is 0 Å². The molecule has 1 N–H and O–H groups in total. The third-order valence-electron chi connectivity index (χ3n) is 3.54. The molecule has 4 heteroatoms. The maximum Gasteiger partial charge on any atom is 0.320 e. The summed E-state index contributed by atoms with van der Waals surface area (Å²) in [6, 6.07) is 7.73. The summed E-state index contributed by atoms with van der Waals surface area (Å²) < 4.78 is 1.04. The van der Waals surface area contributed by atoms with E-state index in [1.165, 1.54) is 0 Å². The molecule has 18 heavy (non-hydrogen) atoms. The molecule has 1 aliphatic heterocycles. The van der Waals surface area contributed by atoms with Crippen LogP contribution in [0.25, 0.3) is 0 Å². The fourth-order valence-electron chi connectivity index (χ4n) is 2.51. The molecule has 2 unspecified atom stereocenters. The molecule has 0 spiro atoms. The molecule has 0 saturated carbocycles. The summed E-state index contributed by atoms with van der Waals surface area (Å²) in [7, 11) is 0. The van der Waals surface area contributed by atoms with E-state index in [0.29, 0.717) is 12.5 Å². The van der Waals surface area contributed by atoms with Crippen molar-refractivity contribution in [1.82, 2.24) is 4.90 Å². The van der Waals surface area contributed by atoms with Crippen LogP contribution < -0.4 is 0 Å². The molecule has 0 bridgehead atoms. The number of carboxylic acid groups (broad SMARTS) is 1. The average Bonchev–Trinajstić information content (AvgIpc) is 2.31. The molecule has 2 rings (SSSR count). The molecule has 1 saturated heterocycles. The van der Waals surface area contributed by atoms with Gasteiger partial charge in [0.25, 0.3) is 0 Å². The molecule has 2 atom stereocenters. The van der Waals surface area contributed by atoms with E-state index >= 15 is 0 Å². The summed E-state index contributed by atoms with van der Waals surface area (Å²) in [6.07, 6.45) is 1.83. The second-order valence-electron chi connectivity index (χ2n) is 5.08. The van der Waals surface area contributed by atoms with Gasteiger partial charge in [-0.15, -0.1) is 0 Å². The zero-order chi connectivity index (χ0) is 13.1. The number of nitrogens with zero attached hydrogens (tertiary/aromatic N) is 1. The Balaban J connectivity index is 2.09. The van der Waals surface area contributed by atoms with Gasteiger partial charge in [0.05, 0.1) is 0 Å². The van der Waals surface area contributed by atoms with Gasteiger partial charge < -0.3 is 5.11 Å². The minimum Gasteiger partial charge on any atom is -0.480 e. The lowest BCUT2D eigenvalue weighted by Gasteiger charge is -2.36. The zero-order valence-electron chi connectivity index (χ0n) is 10.5. The number of likely N-dealkylation sites (tertiary alicyclic amines) is 1. The molecule has 0 amide bonds. The topological polar surface area (TPSA) is 40.5 Å². The van der Waals surface area contributed by atoms with E-state index in [-0.39, 0.29) is 6.04 Å². The van der Waals surface area contributed by atoms with Crippen LogP contribution in [0.15, 0.2) is 28.7 Å². The van der Waals surface area contributed by atoms with Gasteiger partial charge in [-0.05, 0) is 43.0 Å². The Hall–Kier alpha value is -0.870. The smallest absolute Gasteiger partial charge is 0.320 e. The molecule has 1 aromatic rings. The molecule has 1 fully saturated rings. The van der Waals surface area contributed by atoms with Crippen LogP contribution in [0.5, 0.6) is 0 Å². The van der Waals surface area contributed by atoms with Gasteiger partial charge in [0.15, 0.2) is 0 Å². The largest absolute Gasteiger partial charge is 0.480 e. The van der Waals surface area contributed by atoms with Gasteiger partial charge in [-0.3, -0.25) is 9.69 Å². The Kier molecular flexibility index (Phi) is 4.40. The first-order valence-corrected chi connectivity index (χ1v) is 7.07. The van der Waals surface area contributed by atoms with Gasteiger partial charge in [-0.2, -0.15) is 0 Å². The Morgan fingerprint density at radius 3 is 3.00 bits per heavy atom. The van der Waals surface area contributed by atoms with Crippen molar-refractivity contribution in [1.29, 1.82) is 0 Å². The van der Waals surface area contributed by atoms with Crippen molar-refractivity contribution < 1.29 is 9.90 Å². The van der Waals surface area contributed by atoms with Crippen molar-refractivity contribution >= 4 is 21.9 Å². The maximum atomic E-state index is 11.3. The van der Waals surface area contributed by atoms with E-state index in [1.807, 2.05) is 18.2 Å². The van der Waals surface area contributed by atoms with Gasteiger partial charge in [0, 0.05) is 11.0 Å². The first-order valence-electron chi connectivity index (χ1n) is 6.27. The first-order chi connectivity index (χ1) is 8.56. The van der Waals surface area contributed by atoms with Gasteiger partial charge in [0.1, 0.15) is 6.04 Å². The highest BCUT2D eigenvalue weighted by Crippen LogP contribution is 2.25. The second-order valence-corrected chi connectivity index (χ2v) is 6.00. The third kappa shape index (κ3) is 3.33. The standard InChI is InChI=1S/C14H18BrNO2/c1-10-5-6-16(13(7-10)14(17)18)9-11-3-2-4-12(15)8-11/h2-4,8,10,13H,5-7,9H2,1H3,(H,17,18). The van der Waals surface area contributed by atoms with Crippen LogP contribution in [0.2, 0.25) is 0 Å². The Bertz CT molecular complexity index is 436. The van der Waals surface area contributed by atoms with Crippen molar-refractivity contribution in [2.75, 3.05) is 6.54 Å². The number of carboxylic acids is 1. The zero-order valence-corrected chi connectivity index (χ0v) is 12.1. The van der Waals surface area contributed by atoms with Crippen LogP contribution >= 0.6 is 15.9 Å². The third-order valence-corrected chi connectivity index (χ3v) is 4.03. The van der Waals surface area contributed by atoms with E-state index in [9.17, 15) is 9.90 Å².